The second-order valence-corrected chi connectivity index (χ2v) is 5.91. The lowest BCUT2D eigenvalue weighted by Gasteiger charge is -2.40. The Morgan fingerprint density at radius 1 is 1.29 bits per heavy atom. The van der Waals surface area contributed by atoms with E-state index in [0.717, 1.165) is 31.5 Å². The molecule has 2 rings (SSSR count). The maximum absolute atomic E-state index is 12.6. The number of hydrogen-bond acceptors (Lipinski definition) is 2. The molecular weight excluding hydrogens is 277 g/mol. The van der Waals surface area contributed by atoms with Gasteiger partial charge < -0.3 is 5.73 Å². The van der Waals surface area contributed by atoms with E-state index in [1.165, 1.54) is 12.1 Å². The van der Waals surface area contributed by atoms with Crippen LogP contribution in [0.3, 0.4) is 0 Å². The van der Waals surface area contributed by atoms with Crippen LogP contribution in [0.4, 0.5) is 13.2 Å². The minimum Gasteiger partial charge on any atom is -0.327 e. The fourth-order valence-corrected chi connectivity index (χ4v) is 3.02. The molecule has 0 aromatic heterocycles. The van der Waals surface area contributed by atoms with E-state index in [2.05, 4.69) is 11.8 Å². The Balaban J connectivity index is 2.08. The van der Waals surface area contributed by atoms with E-state index in [1.54, 1.807) is 12.1 Å². The molecule has 2 N–H and O–H groups in total. The molecule has 0 spiro atoms. The number of benzene rings is 1. The van der Waals surface area contributed by atoms with E-state index in [9.17, 15) is 13.2 Å². The Bertz CT molecular complexity index is 456. The molecule has 3 unspecified atom stereocenters. The third-order valence-electron chi connectivity index (χ3n) is 4.62. The van der Waals surface area contributed by atoms with Crippen LogP contribution in [0.15, 0.2) is 24.3 Å². The van der Waals surface area contributed by atoms with E-state index in [1.807, 2.05) is 6.92 Å². The van der Waals surface area contributed by atoms with Gasteiger partial charge in [-0.1, -0.05) is 25.5 Å². The summed E-state index contributed by atoms with van der Waals surface area (Å²) in [5.41, 5.74) is 6.44. The predicted molar refractivity (Wildman–Crippen MR) is 77.8 cm³/mol. The zero-order chi connectivity index (χ0) is 15.6. The van der Waals surface area contributed by atoms with E-state index >= 15 is 0 Å². The molecule has 1 fully saturated rings. The molecule has 3 atom stereocenters. The average Bonchev–Trinajstić information content (AvgIpc) is 2.46. The molecule has 1 heterocycles. The van der Waals surface area contributed by atoms with Gasteiger partial charge in [-0.05, 0) is 37.0 Å². The van der Waals surface area contributed by atoms with Crippen LogP contribution in [0, 0.1) is 5.92 Å². The first kappa shape index (κ1) is 16.3. The van der Waals surface area contributed by atoms with Gasteiger partial charge in [-0.2, -0.15) is 13.2 Å². The molecule has 118 valence electrons. The molecule has 1 aromatic carbocycles. The predicted octanol–water partition coefficient (Wildman–Crippen LogP) is 3.83. The molecule has 2 nitrogen and oxygen atoms in total. The highest BCUT2D eigenvalue weighted by Crippen LogP contribution is 2.32. The summed E-state index contributed by atoms with van der Waals surface area (Å²) in [5.74, 6) is 0.468. The van der Waals surface area contributed by atoms with Crippen LogP contribution in [0.2, 0.25) is 0 Å². The SMILES string of the molecule is CCC1CN(C(C)c2ccc(C(F)(F)F)cc2)CCC1N. The third kappa shape index (κ3) is 3.77. The first-order valence-electron chi connectivity index (χ1n) is 7.49. The highest BCUT2D eigenvalue weighted by molar-refractivity contribution is 5.26. The summed E-state index contributed by atoms with van der Waals surface area (Å²) in [7, 11) is 0. The second kappa shape index (κ2) is 6.36. The number of nitrogens with two attached hydrogens (primary N) is 1. The van der Waals surface area contributed by atoms with Crippen molar-refractivity contribution in [2.45, 2.75) is 44.9 Å². The van der Waals surface area contributed by atoms with Crippen molar-refractivity contribution in [3.05, 3.63) is 35.4 Å². The van der Waals surface area contributed by atoms with Gasteiger partial charge in [0.25, 0.3) is 0 Å². The Morgan fingerprint density at radius 2 is 1.90 bits per heavy atom. The Labute approximate surface area is 124 Å². The molecule has 1 saturated heterocycles. The number of hydrogen-bond donors (Lipinski definition) is 1. The fraction of sp³-hybridized carbons (Fsp3) is 0.625. The van der Waals surface area contributed by atoms with Crippen molar-refractivity contribution < 1.29 is 13.2 Å². The number of likely N-dealkylation sites (tertiary alicyclic amines) is 1. The summed E-state index contributed by atoms with van der Waals surface area (Å²) in [4.78, 5) is 2.32. The average molecular weight is 300 g/mol. The number of nitrogens with zero attached hydrogens (tertiary/aromatic N) is 1. The molecular formula is C16H23F3N2. The standard InChI is InChI=1S/C16H23F3N2/c1-3-12-10-21(9-8-15(12)20)11(2)13-4-6-14(7-5-13)16(17,18)19/h4-7,11-12,15H,3,8-10,20H2,1-2H3. The highest BCUT2D eigenvalue weighted by atomic mass is 19.4. The van der Waals surface area contributed by atoms with Gasteiger partial charge in [-0.3, -0.25) is 4.90 Å². The molecule has 0 amide bonds. The molecule has 1 aliphatic heterocycles. The van der Waals surface area contributed by atoms with Crippen LogP contribution in [0.5, 0.6) is 0 Å². The number of piperidine rings is 1. The van der Waals surface area contributed by atoms with Gasteiger partial charge in [0.05, 0.1) is 5.56 Å². The van der Waals surface area contributed by atoms with Gasteiger partial charge in [-0.25, -0.2) is 0 Å². The zero-order valence-corrected chi connectivity index (χ0v) is 12.5. The van der Waals surface area contributed by atoms with Gasteiger partial charge in [0.15, 0.2) is 0 Å². The lowest BCUT2D eigenvalue weighted by atomic mass is 9.89. The van der Waals surface area contributed by atoms with Crippen molar-refractivity contribution in [2.75, 3.05) is 13.1 Å². The van der Waals surface area contributed by atoms with Crippen LogP contribution in [0.25, 0.3) is 0 Å². The topological polar surface area (TPSA) is 29.3 Å². The summed E-state index contributed by atoms with van der Waals surface area (Å²) in [6, 6.07) is 5.86. The first-order chi connectivity index (χ1) is 9.82. The van der Waals surface area contributed by atoms with Crippen molar-refractivity contribution in [3.63, 3.8) is 0 Å². The Kier molecular flexibility index (Phi) is 4.94. The van der Waals surface area contributed by atoms with Crippen LogP contribution in [-0.2, 0) is 6.18 Å². The van der Waals surface area contributed by atoms with E-state index in [0.29, 0.717) is 5.92 Å². The van der Waals surface area contributed by atoms with Gasteiger partial charge in [0.1, 0.15) is 0 Å². The molecule has 0 radical (unpaired) electrons. The number of halogens is 3. The lowest BCUT2D eigenvalue weighted by molar-refractivity contribution is -0.137. The Morgan fingerprint density at radius 3 is 2.43 bits per heavy atom. The van der Waals surface area contributed by atoms with Crippen LogP contribution < -0.4 is 5.73 Å². The minimum atomic E-state index is -4.27. The molecule has 1 aliphatic rings. The van der Waals surface area contributed by atoms with E-state index in [4.69, 9.17) is 5.73 Å². The fourth-order valence-electron chi connectivity index (χ4n) is 3.02. The summed E-state index contributed by atoms with van der Waals surface area (Å²) < 4.78 is 37.8. The van der Waals surface area contributed by atoms with Gasteiger partial charge >= 0.3 is 6.18 Å². The monoisotopic (exact) mass is 300 g/mol. The molecule has 0 aliphatic carbocycles. The summed E-state index contributed by atoms with van der Waals surface area (Å²) in [5, 5.41) is 0. The van der Waals surface area contributed by atoms with Crippen molar-refractivity contribution in [2.24, 2.45) is 11.7 Å². The van der Waals surface area contributed by atoms with Crippen LogP contribution in [0.1, 0.15) is 43.9 Å². The molecule has 21 heavy (non-hydrogen) atoms. The molecule has 1 aromatic rings. The maximum Gasteiger partial charge on any atom is 0.416 e. The van der Waals surface area contributed by atoms with E-state index < -0.39 is 11.7 Å². The Hall–Kier alpha value is -1.07. The molecule has 5 heteroatoms. The van der Waals surface area contributed by atoms with Crippen LogP contribution >= 0.6 is 0 Å². The summed E-state index contributed by atoms with van der Waals surface area (Å²) >= 11 is 0. The normalized spacial score (nSPS) is 25.8. The van der Waals surface area contributed by atoms with Crippen molar-refractivity contribution in [1.82, 2.24) is 4.90 Å². The summed E-state index contributed by atoms with van der Waals surface area (Å²) in [6.07, 6.45) is -2.28. The smallest absolute Gasteiger partial charge is 0.327 e. The quantitative estimate of drug-likeness (QED) is 0.919. The van der Waals surface area contributed by atoms with Crippen molar-refractivity contribution in [1.29, 1.82) is 0 Å². The lowest BCUT2D eigenvalue weighted by Crippen LogP contribution is -2.47. The molecule has 0 saturated carbocycles. The number of alkyl halides is 3. The highest BCUT2D eigenvalue weighted by Gasteiger charge is 2.31. The van der Waals surface area contributed by atoms with Gasteiger partial charge in [0.2, 0.25) is 0 Å². The summed E-state index contributed by atoms with van der Waals surface area (Å²) in [6.45, 7) is 6.00. The largest absolute Gasteiger partial charge is 0.416 e. The minimum absolute atomic E-state index is 0.119. The van der Waals surface area contributed by atoms with Crippen LogP contribution in [-0.4, -0.2) is 24.0 Å². The first-order valence-corrected chi connectivity index (χ1v) is 7.49. The van der Waals surface area contributed by atoms with Gasteiger partial charge in [0, 0.05) is 25.2 Å². The number of rotatable bonds is 3. The molecule has 0 bridgehead atoms. The van der Waals surface area contributed by atoms with Crippen molar-refractivity contribution >= 4 is 0 Å². The maximum atomic E-state index is 12.6. The zero-order valence-electron chi connectivity index (χ0n) is 12.5. The third-order valence-corrected chi connectivity index (χ3v) is 4.62. The second-order valence-electron chi connectivity index (χ2n) is 5.91. The van der Waals surface area contributed by atoms with E-state index in [-0.39, 0.29) is 12.1 Å². The van der Waals surface area contributed by atoms with Crippen molar-refractivity contribution in [3.8, 4) is 0 Å². The van der Waals surface area contributed by atoms with Gasteiger partial charge in [-0.15, -0.1) is 0 Å².